The molecule has 3 aromatic carbocycles. The summed E-state index contributed by atoms with van der Waals surface area (Å²) in [6.07, 6.45) is 0. The van der Waals surface area contributed by atoms with Crippen LogP contribution in [0, 0.1) is 6.07 Å². The Bertz CT molecular complexity index is 710. The van der Waals surface area contributed by atoms with Crippen molar-refractivity contribution in [3.05, 3.63) is 84.9 Å². The molecular weight excluding hydrogens is 281 g/mol. The second-order valence-corrected chi connectivity index (χ2v) is 4.50. The first kappa shape index (κ1) is 16.4. The molecule has 0 fully saturated rings. The van der Waals surface area contributed by atoms with Gasteiger partial charge >= 0.3 is 29.6 Å². The molecule has 4 heteroatoms. The number of nitrogens with one attached hydrogen (secondary N) is 1. The quantitative estimate of drug-likeness (QED) is 0.448. The van der Waals surface area contributed by atoms with E-state index < -0.39 is 0 Å². The Kier molecular flexibility index (Phi) is 6.34. The van der Waals surface area contributed by atoms with Crippen LogP contribution in [0.4, 0.5) is 22.7 Å². The molecule has 22 heavy (non-hydrogen) atoms. The van der Waals surface area contributed by atoms with Crippen LogP contribution in [0.15, 0.2) is 89.1 Å². The van der Waals surface area contributed by atoms with Gasteiger partial charge in [-0.2, -0.15) is 29.4 Å². The summed E-state index contributed by atoms with van der Waals surface area (Å²) >= 11 is 0. The third-order valence-corrected chi connectivity index (χ3v) is 2.90. The smallest absolute Gasteiger partial charge is 0.356 e. The second kappa shape index (κ2) is 8.49. The van der Waals surface area contributed by atoms with Crippen LogP contribution in [0.1, 0.15) is 0 Å². The van der Waals surface area contributed by atoms with Crippen LogP contribution >= 0.6 is 0 Å². The molecule has 0 spiro atoms. The average Bonchev–Trinajstić information content (AvgIpc) is 2.56. The van der Waals surface area contributed by atoms with Gasteiger partial charge in [0.15, 0.2) is 0 Å². The fraction of sp³-hybridized carbons (Fsp3) is 0. The molecule has 1 N–H and O–H groups in total. The van der Waals surface area contributed by atoms with E-state index in [0.29, 0.717) is 0 Å². The first-order valence-electron chi connectivity index (χ1n) is 6.70. The Morgan fingerprint density at radius 2 is 1.36 bits per heavy atom. The normalized spacial score (nSPS) is 10.2. The molecule has 3 aromatic rings. The molecule has 0 amide bonds. The summed E-state index contributed by atoms with van der Waals surface area (Å²) < 4.78 is 0. The third-order valence-electron chi connectivity index (χ3n) is 2.90. The van der Waals surface area contributed by atoms with Gasteiger partial charge in [0.2, 0.25) is 0 Å². The molecule has 0 atom stereocenters. The number of hydrogen-bond acceptors (Lipinski definition) is 3. The largest absolute Gasteiger partial charge is 1.00 e. The predicted molar refractivity (Wildman–Crippen MR) is 85.6 cm³/mol. The number of rotatable bonds is 4. The van der Waals surface area contributed by atoms with Gasteiger partial charge in [0.05, 0.1) is 5.69 Å². The number of benzene rings is 3. The molecule has 3 rings (SSSR count). The summed E-state index contributed by atoms with van der Waals surface area (Å²) in [5.74, 6) is 0. The first-order chi connectivity index (χ1) is 10.4. The van der Waals surface area contributed by atoms with Crippen LogP contribution in [0.2, 0.25) is 0 Å². The molecule has 102 valence electrons. The molecule has 0 bridgehead atoms. The van der Waals surface area contributed by atoms with E-state index in [-0.39, 0.29) is 29.6 Å². The van der Waals surface area contributed by atoms with Gasteiger partial charge in [-0.1, -0.05) is 18.2 Å². The van der Waals surface area contributed by atoms with E-state index >= 15 is 0 Å². The van der Waals surface area contributed by atoms with E-state index in [1.807, 2.05) is 72.8 Å². The van der Waals surface area contributed by atoms with E-state index in [1.54, 1.807) is 6.07 Å². The average molecular weight is 295 g/mol. The fourth-order valence-electron chi connectivity index (χ4n) is 1.86. The van der Waals surface area contributed by atoms with E-state index in [2.05, 4.69) is 21.6 Å². The zero-order valence-electron chi connectivity index (χ0n) is 12.4. The van der Waals surface area contributed by atoms with Gasteiger partial charge in [0.1, 0.15) is 0 Å². The second-order valence-electron chi connectivity index (χ2n) is 4.50. The van der Waals surface area contributed by atoms with Crippen LogP contribution < -0.4 is 34.9 Å². The SMILES string of the molecule is [Na+].[c-]1cccc(N=Nc2ccc(Nc3ccccc3)cc2)c1. The minimum atomic E-state index is 0. The summed E-state index contributed by atoms with van der Waals surface area (Å²) in [5, 5.41) is 11.7. The van der Waals surface area contributed by atoms with Crippen molar-refractivity contribution in [2.75, 3.05) is 5.32 Å². The zero-order chi connectivity index (χ0) is 14.3. The Morgan fingerprint density at radius 1 is 0.682 bits per heavy atom. The van der Waals surface area contributed by atoms with Crippen molar-refractivity contribution >= 4 is 22.7 Å². The summed E-state index contributed by atoms with van der Waals surface area (Å²) in [6, 6.07) is 28.3. The fourth-order valence-corrected chi connectivity index (χ4v) is 1.86. The molecule has 0 aliphatic heterocycles. The van der Waals surface area contributed by atoms with E-state index in [4.69, 9.17) is 0 Å². The standard InChI is InChI=1S/C18H14N3.Na/c1-3-7-15(8-4-1)19-16-11-13-18(14-12-16)21-20-17-9-5-2-6-10-17;/h1-5,7-14,19H;/q-1;+1. The third kappa shape index (κ3) is 4.81. The maximum Gasteiger partial charge on any atom is 1.00 e. The first-order valence-corrected chi connectivity index (χ1v) is 6.70. The molecule has 0 unspecified atom stereocenters. The Balaban J connectivity index is 0.00000176. The molecule has 0 radical (unpaired) electrons. The number of azo groups is 1. The van der Waals surface area contributed by atoms with Crippen LogP contribution in [-0.4, -0.2) is 0 Å². The van der Waals surface area contributed by atoms with Gasteiger partial charge in [0.25, 0.3) is 0 Å². The maximum absolute atomic E-state index is 4.20. The van der Waals surface area contributed by atoms with Crippen molar-refractivity contribution < 1.29 is 29.6 Å². The van der Waals surface area contributed by atoms with Gasteiger partial charge in [-0.05, 0) is 42.1 Å². The molecule has 0 aliphatic rings. The molecule has 0 saturated carbocycles. The molecule has 0 aliphatic carbocycles. The Labute approximate surface area is 152 Å². The minimum Gasteiger partial charge on any atom is -0.356 e. The van der Waals surface area contributed by atoms with E-state index in [1.165, 1.54) is 0 Å². The summed E-state index contributed by atoms with van der Waals surface area (Å²) in [4.78, 5) is 0. The van der Waals surface area contributed by atoms with Crippen molar-refractivity contribution in [3.8, 4) is 0 Å². The monoisotopic (exact) mass is 295 g/mol. The maximum atomic E-state index is 4.20. The Hall–Kier alpha value is -1.94. The van der Waals surface area contributed by atoms with Gasteiger partial charge in [-0.15, -0.1) is 6.07 Å². The molecule has 0 saturated heterocycles. The summed E-state index contributed by atoms with van der Waals surface area (Å²) in [5.41, 5.74) is 3.70. The molecule has 0 heterocycles. The summed E-state index contributed by atoms with van der Waals surface area (Å²) in [7, 11) is 0. The minimum absolute atomic E-state index is 0. The van der Waals surface area contributed by atoms with Crippen molar-refractivity contribution in [1.29, 1.82) is 0 Å². The number of hydrogen-bond donors (Lipinski definition) is 1. The molecule has 0 aromatic heterocycles. The van der Waals surface area contributed by atoms with Gasteiger partial charge in [0, 0.05) is 11.4 Å². The van der Waals surface area contributed by atoms with Crippen molar-refractivity contribution in [2.24, 2.45) is 10.2 Å². The van der Waals surface area contributed by atoms with Crippen molar-refractivity contribution in [2.45, 2.75) is 0 Å². The molecular formula is C18H14N3Na. The van der Waals surface area contributed by atoms with Crippen molar-refractivity contribution in [1.82, 2.24) is 0 Å². The van der Waals surface area contributed by atoms with Gasteiger partial charge in [-0.3, -0.25) is 0 Å². The zero-order valence-corrected chi connectivity index (χ0v) is 14.4. The predicted octanol–water partition coefficient (Wildman–Crippen LogP) is 2.65. The topological polar surface area (TPSA) is 36.8 Å². The van der Waals surface area contributed by atoms with Crippen LogP contribution in [0.3, 0.4) is 0 Å². The number of anilines is 2. The van der Waals surface area contributed by atoms with Gasteiger partial charge < -0.3 is 5.32 Å². The van der Waals surface area contributed by atoms with E-state index in [0.717, 1.165) is 22.7 Å². The van der Waals surface area contributed by atoms with Crippen molar-refractivity contribution in [3.63, 3.8) is 0 Å². The van der Waals surface area contributed by atoms with Crippen LogP contribution in [-0.2, 0) is 0 Å². The van der Waals surface area contributed by atoms with Gasteiger partial charge in [-0.25, -0.2) is 5.11 Å². The summed E-state index contributed by atoms with van der Waals surface area (Å²) in [6.45, 7) is 0. The number of nitrogens with zero attached hydrogens (tertiary/aromatic N) is 2. The van der Waals surface area contributed by atoms with E-state index in [9.17, 15) is 0 Å². The van der Waals surface area contributed by atoms with Crippen LogP contribution in [0.5, 0.6) is 0 Å². The Morgan fingerprint density at radius 3 is 2.05 bits per heavy atom. The number of para-hydroxylation sites is 1. The van der Waals surface area contributed by atoms with Crippen LogP contribution in [0.25, 0.3) is 0 Å². The molecule has 3 nitrogen and oxygen atoms in total.